The first kappa shape index (κ1) is 22.6. The molecule has 1 amide bonds. The Kier molecular flexibility index (Phi) is 4.75. The number of esters is 1. The molecule has 0 aromatic carbocycles. The van der Waals surface area contributed by atoms with Crippen LogP contribution in [0.2, 0.25) is 0 Å². The smallest absolute Gasteiger partial charge is 0.302 e. The molecule has 0 aromatic heterocycles. The van der Waals surface area contributed by atoms with E-state index in [1.165, 1.54) is 12.5 Å². The molecule has 7 atom stereocenters. The summed E-state index contributed by atoms with van der Waals surface area (Å²) in [6.45, 7) is 13.1. The summed E-state index contributed by atoms with van der Waals surface area (Å²) in [6, 6.07) is 0. The third-order valence-corrected chi connectivity index (χ3v) is 10.4. The lowest BCUT2D eigenvalue weighted by atomic mass is 9.38. The van der Waals surface area contributed by atoms with Gasteiger partial charge in [0.05, 0.1) is 0 Å². The van der Waals surface area contributed by atoms with Gasteiger partial charge >= 0.3 is 5.97 Å². The predicted molar refractivity (Wildman–Crippen MR) is 126 cm³/mol. The fraction of sp³-hybridized carbons (Fsp3) is 0.679. The number of ether oxygens (including phenoxy) is 1. The number of hydrogen-bond acceptors (Lipinski definition) is 4. The molecule has 0 unspecified atom stereocenters. The van der Waals surface area contributed by atoms with Gasteiger partial charge in [-0.25, -0.2) is 0 Å². The van der Waals surface area contributed by atoms with E-state index in [4.69, 9.17) is 4.74 Å². The molecule has 0 spiro atoms. The maximum absolute atomic E-state index is 12.9. The van der Waals surface area contributed by atoms with E-state index in [-0.39, 0.29) is 57.8 Å². The van der Waals surface area contributed by atoms with Crippen LogP contribution in [0.3, 0.4) is 0 Å². The van der Waals surface area contributed by atoms with Crippen LogP contribution in [0, 0.1) is 39.4 Å². The number of ketones is 1. The Bertz CT molecular complexity index is 1030. The first-order chi connectivity index (χ1) is 15.4. The lowest BCUT2D eigenvalue weighted by Gasteiger charge is -2.66. The number of amides is 1. The maximum atomic E-state index is 12.9. The number of carbonyl (C=O) groups excluding carboxylic acids is 3. The molecule has 1 heterocycles. The third-order valence-electron chi connectivity index (χ3n) is 10.4. The summed E-state index contributed by atoms with van der Waals surface area (Å²) in [5, 5.41) is 2.95. The van der Waals surface area contributed by atoms with Crippen LogP contribution >= 0.6 is 0 Å². The Labute approximate surface area is 197 Å². The van der Waals surface area contributed by atoms with Crippen molar-refractivity contribution in [2.75, 3.05) is 6.54 Å². The quantitative estimate of drug-likeness (QED) is 0.494. The molecule has 0 radical (unpaired) electrons. The summed E-state index contributed by atoms with van der Waals surface area (Å²) in [7, 11) is 0. The van der Waals surface area contributed by atoms with Gasteiger partial charge in [0.15, 0.2) is 5.78 Å². The van der Waals surface area contributed by atoms with Crippen LogP contribution < -0.4 is 5.32 Å². The van der Waals surface area contributed by atoms with Crippen LogP contribution in [0.15, 0.2) is 35.5 Å². The zero-order valence-electron chi connectivity index (χ0n) is 20.8. The predicted octanol–water partition coefficient (Wildman–Crippen LogP) is 4.53. The molecule has 1 N–H and O–H groups in total. The molecule has 4 aliphatic carbocycles. The van der Waals surface area contributed by atoms with E-state index in [1.54, 1.807) is 6.08 Å². The number of fused-ring (bicyclic) bond motifs is 5. The summed E-state index contributed by atoms with van der Waals surface area (Å²) < 4.78 is 6.11. The van der Waals surface area contributed by atoms with Crippen LogP contribution in [0.4, 0.5) is 0 Å². The summed E-state index contributed by atoms with van der Waals surface area (Å²) in [5.41, 5.74) is 1.14. The maximum Gasteiger partial charge on any atom is 0.302 e. The van der Waals surface area contributed by atoms with E-state index in [1.807, 2.05) is 0 Å². The fourth-order valence-electron chi connectivity index (χ4n) is 8.84. The highest BCUT2D eigenvalue weighted by molar-refractivity contribution is 5.97. The van der Waals surface area contributed by atoms with Crippen molar-refractivity contribution < 1.29 is 19.1 Å². The van der Waals surface area contributed by atoms with Gasteiger partial charge in [-0.05, 0) is 54.4 Å². The second-order valence-corrected chi connectivity index (χ2v) is 12.2. The molecule has 0 saturated heterocycles. The molecule has 0 bridgehead atoms. The Balaban J connectivity index is 1.63. The Morgan fingerprint density at radius 3 is 2.45 bits per heavy atom. The molecule has 5 aliphatic rings. The van der Waals surface area contributed by atoms with Gasteiger partial charge in [0, 0.05) is 35.8 Å². The van der Waals surface area contributed by atoms with Gasteiger partial charge in [0.1, 0.15) is 6.10 Å². The zero-order valence-corrected chi connectivity index (χ0v) is 20.8. The second-order valence-electron chi connectivity index (χ2n) is 12.2. The minimum absolute atomic E-state index is 0.0610. The van der Waals surface area contributed by atoms with Gasteiger partial charge in [-0.15, -0.1) is 0 Å². The molecule has 178 valence electrons. The van der Waals surface area contributed by atoms with Gasteiger partial charge in [0.25, 0.3) is 0 Å². The first-order valence-electron chi connectivity index (χ1n) is 12.5. The fourth-order valence-corrected chi connectivity index (χ4v) is 8.84. The van der Waals surface area contributed by atoms with E-state index >= 15 is 0 Å². The molecule has 5 rings (SSSR count). The van der Waals surface area contributed by atoms with Crippen LogP contribution in [0.1, 0.15) is 67.2 Å². The van der Waals surface area contributed by atoms with Crippen molar-refractivity contribution in [2.24, 2.45) is 39.4 Å². The lowest BCUT2D eigenvalue weighted by molar-refractivity contribution is -0.187. The number of allylic oxidation sites excluding steroid dienone is 3. The van der Waals surface area contributed by atoms with Crippen LogP contribution in [-0.2, 0) is 19.1 Å². The van der Waals surface area contributed by atoms with Gasteiger partial charge in [-0.1, -0.05) is 58.4 Å². The second kappa shape index (κ2) is 6.93. The van der Waals surface area contributed by atoms with Crippen molar-refractivity contribution in [1.82, 2.24) is 5.32 Å². The molecule has 0 aromatic rings. The van der Waals surface area contributed by atoms with E-state index in [2.05, 4.69) is 58.2 Å². The van der Waals surface area contributed by atoms with Crippen molar-refractivity contribution in [3.8, 4) is 0 Å². The standard InChI is InChI=1S/C28H37NO4/c1-16(30)33-23-15-21-25(2,3)22(31)10-13-27(21,5)20-9-12-26(4)18(17-11-14-29-24(17)32)7-8-19(26)28(20,23)6/h8,10-11,13,18,20-21,23H,7,9,12,14-15H2,1-6H3,(H,29,32)/t18-,20+,21-,23+,26-,27+,28-/m0/s1. The molecular weight excluding hydrogens is 414 g/mol. The molecule has 33 heavy (non-hydrogen) atoms. The average Bonchev–Trinajstić information content (AvgIpc) is 3.29. The van der Waals surface area contributed by atoms with E-state index in [9.17, 15) is 14.4 Å². The molecular formula is C28H37NO4. The van der Waals surface area contributed by atoms with Gasteiger partial charge in [-0.3, -0.25) is 14.4 Å². The Morgan fingerprint density at radius 2 is 1.82 bits per heavy atom. The van der Waals surface area contributed by atoms with Crippen LogP contribution in [0.5, 0.6) is 0 Å². The Hall–Kier alpha value is -2.17. The normalized spacial score (nSPS) is 45.4. The van der Waals surface area contributed by atoms with E-state index in [0.29, 0.717) is 13.0 Å². The highest BCUT2D eigenvalue weighted by atomic mass is 16.5. The van der Waals surface area contributed by atoms with Crippen molar-refractivity contribution in [3.05, 3.63) is 35.5 Å². The molecule has 1 aliphatic heterocycles. The number of rotatable bonds is 2. The molecule has 5 heteroatoms. The van der Waals surface area contributed by atoms with Crippen LogP contribution in [0.25, 0.3) is 0 Å². The van der Waals surface area contributed by atoms with Gasteiger partial charge in [0.2, 0.25) is 5.91 Å². The van der Waals surface area contributed by atoms with Gasteiger partial charge < -0.3 is 10.1 Å². The number of hydrogen-bond donors (Lipinski definition) is 1. The lowest BCUT2D eigenvalue weighted by Crippen LogP contribution is -2.64. The number of nitrogens with one attached hydrogen (secondary N) is 1. The van der Waals surface area contributed by atoms with E-state index < -0.39 is 5.41 Å². The summed E-state index contributed by atoms with van der Waals surface area (Å²) in [6.07, 6.45) is 11.6. The van der Waals surface area contributed by atoms with Crippen molar-refractivity contribution in [1.29, 1.82) is 0 Å². The van der Waals surface area contributed by atoms with Gasteiger partial charge in [-0.2, -0.15) is 0 Å². The minimum Gasteiger partial charge on any atom is -0.462 e. The number of carbonyl (C=O) groups is 3. The summed E-state index contributed by atoms with van der Waals surface area (Å²) in [4.78, 5) is 37.8. The monoisotopic (exact) mass is 451 g/mol. The first-order valence-corrected chi connectivity index (χ1v) is 12.5. The highest BCUT2D eigenvalue weighted by Crippen LogP contribution is 2.72. The largest absolute Gasteiger partial charge is 0.462 e. The summed E-state index contributed by atoms with van der Waals surface area (Å²) >= 11 is 0. The minimum atomic E-state index is -0.497. The topological polar surface area (TPSA) is 72.5 Å². The highest BCUT2D eigenvalue weighted by Gasteiger charge is 2.68. The molecule has 5 nitrogen and oxygen atoms in total. The average molecular weight is 452 g/mol. The SMILES string of the molecule is CC(=O)O[C@@H]1C[C@H]2C(C)(C)C(=O)C=C[C@]2(C)[C@H]2CC[C@]3(C)C(=CC[C@H]3C3=CCNC3=O)[C@@]21C. The van der Waals surface area contributed by atoms with Crippen molar-refractivity contribution >= 4 is 17.7 Å². The molecule has 2 fully saturated rings. The van der Waals surface area contributed by atoms with Crippen molar-refractivity contribution in [2.45, 2.75) is 73.3 Å². The Morgan fingerprint density at radius 1 is 1.09 bits per heavy atom. The van der Waals surface area contributed by atoms with Crippen molar-refractivity contribution in [3.63, 3.8) is 0 Å². The summed E-state index contributed by atoms with van der Waals surface area (Å²) in [5.74, 6) is 0.480. The van der Waals surface area contributed by atoms with Crippen LogP contribution in [-0.4, -0.2) is 30.3 Å². The zero-order chi connectivity index (χ0) is 24.0. The van der Waals surface area contributed by atoms with E-state index in [0.717, 1.165) is 24.8 Å². The third kappa shape index (κ3) is 2.80. The molecule has 2 saturated carbocycles.